The predicted octanol–water partition coefficient (Wildman–Crippen LogP) is 0.673. The SMILES string of the molecule is O=C1CN2Cc3ccccc3C2CN1. The largest absolute Gasteiger partial charge is 0.353 e. The van der Waals surface area contributed by atoms with Gasteiger partial charge in [0.25, 0.3) is 0 Å². The Morgan fingerprint density at radius 2 is 2.14 bits per heavy atom. The molecule has 1 atom stereocenters. The molecule has 1 aromatic carbocycles. The van der Waals surface area contributed by atoms with Crippen molar-refractivity contribution in [3.8, 4) is 0 Å². The minimum atomic E-state index is 0.147. The first-order chi connectivity index (χ1) is 6.84. The molecule has 0 aliphatic carbocycles. The van der Waals surface area contributed by atoms with Crippen molar-refractivity contribution >= 4 is 5.91 Å². The number of hydrogen-bond donors (Lipinski definition) is 1. The lowest BCUT2D eigenvalue weighted by Gasteiger charge is -2.29. The lowest BCUT2D eigenvalue weighted by atomic mass is 10.0. The number of hydrogen-bond acceptors (Lipinski definition) is 2. The maximum absolute atomic E-state index is 11.2. The first-order valence-corrected chi connectivity index (χ1v) is 4.93. The van der Waals surface area contributed by atoms with Crippen LogP contribution in [0.1, 0.15) is 17.2 Å². The lowest BCUT2D eigenvalue weighted by Crippen LogP contribution is -2.46. The molecular weight excluding hydrogens is 176 g/mol. The number of nitrogens with one attached hydrogen (secondary N) is 1. The number of fused-ring (bicyclic) bond motifs is 3. The maximum atomic E-state index is 11.2. The molecule has 3 rings (SSSR count). The van der Waals surface area contributed by atoms with Crippen molar-refractivity contribution < 1.29 is 4.79 Å². The zero-order valence-corrected chi connectivity index (χ0v) is 7.86. The fourth-order valence-corrected chi connectivity index (χ4v) is 2.38. The molecule has 0 radical (unpaired) electrons. The molecular formula is C11H12N2O. The van der Waals surface area contributed by atoms with Crippen LogP contribution in [0.5, 0.6) is 0 Å². The Labute approximate surface area is 82.7 Å². The number of carbonyl (C=O) groups excluding carboxylic acids is 1. The van der Waals surface area contributed by atoms with Crippen molar-refractivity contribution in [1.82, 2.24) is 10.2 Å². The molecule has 0 saturated carbocycles. The van der Waals surface area contributed by atoms with E-state index in [1.165, 1.54) is 11.1 Å². The summed E-state index contributed by atoms with van der Waals surface area (Å²) in [7, 11) is 0. The zero-order valence-electron chi connectivity index (χ0n) is 7.86. The van der Waals surface area contributed by atoms with Gasteiger partial charge in [0.1, 0.15) is 0 Å². The number of piperazine rings is 1. The van der Waals surface area contributed by atoms with Gasteiger partial charge in [-0.1, -0.05) is 24.3 Å². The van der Waals surface area contributed by atoms with Crippen molar-refractivity contribution in [2.45, 2.75) is 12.6 Å². The Morgan fingerprint density at radius 1 is 1.29 bits per heavy atom. The molecule has 1 N–H and O–H groups in total. The fraction of sp³-hybridized carbons (Fsp3) is 0.364. The highest BCUT2D eigenvalue weighted by atomic mass is 16.2. The van der Waals surface area contributed by atoms with Crippen LogP contribution in [0, 0.1) is 0 Å². The van der Waals surface area contributed by atoms with Gasteiger partial charge in [0.2, 0.25) is 5.91 Å². The maximum Gasteiger partial charge on any atom is 0.234 e. The van der Waals surface area contributed by atoms with E-state index in [2.05, 4.69) is 34.5 Å². The van der Waals surface area contributed by atoms with Crippen molar-refractivity contribution in [1.29, 1.82) is 0 Å². The third-order valence-electron chi connectivity index (χ3n) is 3.07. The Bertz CT molecular complexity index is 389. The fourth-order valence-electron chi connectivity index (χ4n) is 2.38. The van der Waals surface area contributed by atoms with Crippen LogP contribution >= 0.6 is 0 Å². The summed E-state index contributed by atoms with van der Waals surface area (Å²) in [5, 5.41) is 2.91. The van der Waals surface area contributed by atoms with Crippen molar-refractivity contribution in [2.75, 3.05) is 13.1 Å². The van der Waals surface area contributed by atoms with Gasteiger partial charge in [-0.25, -0.2) is 0 Å². The molecule has 1 aromatic rings. The second-order valence-corrected chi connectivity index (χ2v) is 3.92. The van der Waals surface area contributed by atoms with E-state index < -0.39 is 0 Å². The third-order valence-corrected chi connectivity index (χ3v) is 3.07. The van der Waals surface area contributed by atoms with E-state index in [-0.39, 0.29) is 5.91 Å². The zero-order chi connectivity index (χ0) is 9.54. The molecule has 2 aliphatic rings. The van der Waals surface area contributed by atoms with Crippen LogP contribution in [0.15, 0.2) is 24.3 Å². The van der Waals surface area contributed by atoms with E-state index in [4.69, 9.17) is 0 Å². The smallest absolute Gasteiger partial charge is 0.234 e. The van der Waals surface area contributed by atoms with Crippen LogP contribution in [-0.2, 0) is 11.3 Å². The number of nitrogens with zero attached hydrogens (tertiary/aromatic N) is 1. The third kappa shape index (κ3) is 1.06. The first-order valence-electron chi connectivity index (χ1n) is 4.93. The summed E-state index contributed by atoms with van der Waals surface area (Å²) in [6, 6.07) is 8.85. The Balaban J connectivity index is 1.98. The second kappa shape index (κ2) is 2.82. The highest BCUT2D eigenvalue weighted by Gasteiger charge is 2.34. The van der Waals surface area contributed by atoms with E-state index in [1.54, 1.807) is 0 Å². The molecule has 0 bridgehead atoms. The lowest BCUT2D eigenvalue weighted by molar-refractivity contribution is -0.125. The van der Waals surface area contributed by atoms with Gasteiger partial charge in [0, 0.05) is 13.1 Å². The highest BCUT2D eigenvalue weighted by Crippen LogP contribution is 2.33. The molecule has 3 nitrogen and oxygen atoms in total. The summed E-state index contributed by atoms with van der Waals surface area (Å²) >= 11 is 0. The molecule has 2 heterocycles. The first kappa shape index (κ1) is 8.00. The average molecular weight is 188 g/mol. The van der Waals surface area contributed by atoms with Crippen LogP contribution in [0.2, 0.25) is 0 Å². The minimum absolute atomic E-state index is 0.147. The van der Waals surface area contributed by atoms with E-state index in [9.17, 15) is 4.79 Å². The van der Waals surface area contributed by atoms with Crippen molar-refractivity contribution in [3.63, 3.8) is 0 Å². The van der Waals surface area contributed by atoms with Crippen LogP contribution in [-0.4, -0.2) is 23.9 Å². The molecule has 1 fully saturated rings. The van der Waals surface area contributed by atoms with Crippen LogP contribution in [0.25, 0.3) is 0 Å². The molecule has 1 amide bonds. The second-order valence-electron chi connectivity index (χ2n) is 3.92. The number of carbonyl (C=O) groups is 1. The quantitative estimate of drug-likeness (QED) is 0.649. The predicted molar refractivity (Wildman–Crippen MR) is 52.6 cm³/mol. The van der Waals surface area contributed by atoms with Gasteiger partial charge in [-0.05, 0) is 11.1 Å². The standard InChI is InChI=1S/C11H12N2O/c14-11-7-13-6-8-3-1-2-4-9(8)10(13)5-12-11/h1-4,10H,5-7H2,(H,12,14). The van der Waals surface area contributed by atoms with Gasteiger partial charge in [0.05, 0.1) is 12.6 Å². The average Bonchev–Trinajstić information content (AvgIpc) is 2.54. The molecule has 72 valence electrons. The molecule has 1 saturated heterocycles. The molecule has 0 aromatic heterocycles. The van der Waals surface area contributed by atoms with Crippen molar-refractivity contribution in [3.05, 3.63) is 35.4 Å². The number of amides is 1. The molecule has 0 spiro atoms. The van der Waals surface area contributed by atoms with Gasteiger partial charge in [0.15, 0.2) is 0 Å². The van der Waals surface area contributed by atoms with Gasteiger partial charge in [-0.15, -0.1) is 0 Å². The summed E-state index contributed by atoms with van der Waals surface area (Å²) in [5.74, 6) is 0.147. The molecule has 1 unspecified atom stereocenters. The number of rotatable bonds is 0. The van der Waals surface area contributed by atoms with E-state index in [0.29, 0.717) is 12.6 Å². The Morgan fingerprint density at radius 3 is 3.07 bits per heavy atom. The Hall–Kier alpha value is -1.35. The van der Waals surface area contributed by atoms with Gasteiger partial charge >= 0.3 is 0 Å². The normalized spacial score (nSPS) is 25.4. The van der Waals surface area contributed by atoms with Gasteiger partial charge in [-0.3, -0.25) is 9.69 Å². The number of benzene rings is 1. The molecule has 14 heavy (non-hydrogen) atoms. The topological polar surface area (TPSA) is 32.3 Å². The Kier molecular flexibility index (Phi) is 1.61. The van der Waals surface area contributed by atoms with E-state index in [0.717, 1.165) is 13.1 Å². The van der Waals surface area contributed by atoms with Crippen LogP contribution < -0.4 is 5.32 Å². The van der Waals surface area contributed by atoms with Crippen molar-refractivity contribution in [2.24, 2.45) is 0 Å². The summed E-state index contributed by atoms with van der Waals surface area (Å²) in [5.41, 5.74) is 2.75. The van der Waals surface area contributed by atoms with Crippen LogP contribution in [0.3, 0.4) is 0 Å². The van der Waals surface area contributed by atoms with E-state index in [1.807, 2.05) is 0 Å². The van der Waals surface area contributed by atoms with E-state index >= 15 is 0 Å². The van der Waals surface area contributed by atoms with Gasteiger partial charge in [-0.2, -0.15) is 0 Å². The van der Waals surface area contributed by atoms with Gasteiger partial charge < -0.3 is 5.32 Å². The summed E-state index contributed by atoms with van der Waals surface area (Å²) in [6.45, 7) is 2.23. The van der Waals surface area contributed by atoms with Crippen LogP contribution in [0.4, 0.5) is 0 Å². The monoisotopic (exact) mass is 188 g/mol. The minimum Gasteiger partial charge on any atom is -0.353 e. The molecule has 2 aliphatic heterocycles. The molecule has 3 heteroatoms. The summed E-state index contributed by atoms with van der Waals surface area (Å²) in [6.07, 6.45) is 0. The summed E-state index contributed by atoms with van der Waals surface area (Å²) < 4.78 is 0. The highest BCUT2D eigenvalue weighted by molar-refractivity contribution is 5.79. The summed E-state index contributed by atoms with van der Waals surface area (Å²) in [4.78, 5) is 13.4.